The van der Waals surface area contributed by atoms with E-state index in [1.807, 2.05) is 12.1 Å². The molecule has 5 heteroatoms. The van der Waals surface area contributed by atoms with E-state index in [0.29, 0.717) is 11.6 Å². The highest BCUT2D eigenvalue weighted by atomic mass is 35.5. The number of hydrogen-bond acceptors (Lipinski definition) is 4. The molecule has 0 radical (unpaired) electrons. The largest absolute Gasteiger partial charge is 0.356 e. The van der Waals surface area contributed by atoms with Gasteiger partial charge in [0.15, 0.2) is 0 Å². The van der Waals surface area contributed by atoms with Crippen molar-refractivity contribution in [2.24, 2.45) is 0 Å². The molecule has 0 amide bonds. The van der Waals surface area contributed by atoms with Gasteiger partial charge in [-0.1, -0.05) is 29.3 Å². The Balaban J connectivity index is 2.25. The van der Waals surface area contributed by atoms with Crippen molar-refractivity contribution >= 4 is 17.6 Å². The first-order valence-electron chi connectivity index (χ1n) is 4.08. The molecule has 0 aliphatic carbocycles. The van der Waals surface area contributed by atoms with Gasteiger partial charge in [0.05, 0.1) is 0 Å². The van der Waals surface area contributed by atoms with Crippen LogP contribution in [0.15, 0.2) is 24.3 Å². The van der Waals surface area contributed by atoms with Gasteiger partial charge in [0.2, 0.25) is 0 Å². The number of benzene rings is 1. The summed E-state index contributed by atoms with van der Waals surface area (Å²) >= 11 is 5.71. The molecule has 76 valence electrons. The second-order valence-electron chi connectivity index (χ2n) is 2.68. The lowest BCUT2D eigenvalue weighted by molar-refractivity contribution is -0.151. The molecule has 0 aromatic heterocycles. The van der Waals surface area contributed by atoms with Crippen LogP contribution in [0, 0.1) is 0 Å². The summed E-state index contributed by atoms with van der Waals surface area (Å²) in [4.78, 5) is 14.8. The van der Waals surface area contributed by atoms with Crippen LogP contribution in [0.5, 0.6) is 0 Å². The van der Waals surface area contributed by atoms with Crippen LogP contribution < -0.4 is 11.0 Å². The van der Waals surface area contributed by atoms with Crippen molar-refractivity contribution in [1.29, 1.82) is 0 Å². The minimum absolute atomic E-state index is 0.395. The Hall–Kier alpha value is -1.10. The molecule has 0 heterocycles. The van der Waals surface area contributed by atoms with E-state index in [4.69, 9.17) is 11.6 Å². The van der Waals surface area contributed by atoms with Crippen LogP contribution in [0.2, 0.25) is 5.02 Å². The quantitative estimate of drug-likeness (QED) is 0.588. The maximum Gasteiger partial charge on any atom is 0.323 e. The lowest BCUT2D eigenvalue weighted by Gasteiger charge is -2.05. The van der Waals surface area contributed by atoms with Crippen molar-refractivity contribution in [1.82, 2.24) is 11.0 Å². The average molecular weight is 215 g/mol. The monoisotopic (exact) mass is 214 g/mol. The molecule has 0 saturated heterocycles. The van der Waals surface area contributed by atoms with E-state index in [1.165, 1.54) is 6.92 Å². The summed E-state index contributed by atoms with van der Waals surface area (Å²) in [5.74, 6) is -0.395. The summed E-state index contributed by atoms with van der Waals surface area (Å²) in [6.45, 7) is 1.86. The van der Waals surface area contributed by atoms with Crippen molar-refractivity contribution in [3.05, 3.63) is 34.9 Å². The summed E-state index contributed by atoms with van der Waals surface area (Å²) in [7, 11) is 0. The van der Waals surface area contributed by atoms with E-state index in [1.54, 1.807) is 12.1 Å². The fraction of sp³-hybridized carbons (Fsp3) is 0.222. The van der Waals surface area contributed by atoms with Gasteiger partial charge in [-0.25, -0.2) is 5.43 Å². The topological polar surface area (TPSA) is 50.4 Å². The lowest BCUT2D eigenvalue weighted by Crippen LogP contribution is -2.32. The normalized spacial score (nSPS) is 9.86. The summed E-state index contributed by atoms with van der Waals surface area (Å²) in [5, 5.41) is 0.696. The lowest BCUT2D eigenvalue weighted by atomic mass is 10.2. The first kappa shape index (κ1) is 11.0. The van der Waals surface area contributed by atoms with Gasteiger partial charge in [0, 0.05) is 18.5 Å². The van der Waals surface area contributed by atoms with Crippen molar-refractivity contribution < 1.29 is 9.63 Å². The predicted molar refractivity (Wildman–Crippen MR) is 53.2 cm³/mol. The molecule has 1 aromatic carbocycles. The van der Waals surface area contributed by atoms with Gasteiger partial charge in [-0.3, -0.25) is 4.79 Å². The van der Waals surface area contributed by atoms with Crippen LogP contribution in [0.3, 0.4) is 0 Å². The Kier molecular flexibility index (Phi) is 4.39. The highest BCUT2D eigenvalue weighted by molar-refractivity contribution is 6.30. The van der Waals surface area contributed by atoms with Crippen LogP contribution in [-0.2, 0) is 16.2 Å². The zero-order valence-electron chi connectivity index (χ0n) is 7.71. The Morgan fingerprint density at radius 1 is 1.43 bits per heavy atom. The minimum atomic E-state index is -0.395. The highest BCUT2D eigenvalue weighted by Gasteiger charge is 1.93. The first-order chi connectivity index (χ1) is 6.68. The van der Waals surface area contributed by atoms with E-state index in [0.717, 1.165) is 5.56 Å². The van der Waals surface area contributed by atoms with Crippen LogP contribution in [0.25, 0.3) is 0 Å². The Labute approximate surface area is 87.1 Å². The van der Waals surface area contributed by atoms with E-state index in [9.17, 15) is 4.79 Å². The molecule has 1 rings (SSSR count). The second-order valence-corrected chi connectivity index (χ2v) is 3.11. The Morgan fingerprint density at radius 2 is 2.07 bits per heavy atom. The third-order valence-corrected chi connectivity index (χ3v) is 1.72. The third-order valence-electron chi connectivity index (χ3n) is 1.47. The van der Waals surface area contributed by atoms with Gasteiger partial charge in [-0.05, 0) is 17.7 Å². The van der Waals surface area contributed by atoms with E-state index in [-0.39, 0.29) is 0 Å². The molecular weight excluding hydrogens is 204 g/mol. The van der Waals surface area contributed by atoms with Gasteiger partial charge >= 0.3 is 5.97 Å². The number of carbonyl (C=O) groups is 1. The molecule has 0 bridgehead atoms. The Bertz CT molecular complexity index is 300. The van der Waals surface area contributed by atoms with Crippen molar-refractivity contribution in [3.8, 4) is 0 Å². The number of hydrazine groups is 1. The first-order valence-corrected chi connectivity index (χ1v) is 4.46. The summed E-state index contributed by atoms with van der Waals surface area (Å²) in [5.41, 5.74) is 6.07. The number of halogens is 1. The zero-order valence-corrected chi connectivity index (χ0v) is 8.47. The van der Waals surface area contributed by atoms with Crippen molar-refractivity contribution in [3.63, 3.8) is 0 Å². The maximum atomic E-state index is 10.4. The molecule has 0 spiro atoms. The SMILES string of the molecule is CC(=O)ONNCc1ccc(Cl)cc1. The molecule has 0 fully saturated rings. The van der Waals surface area contributed by atoms with Gasteiger partial charge in [-0.2, -0.15) is 0 Å². The van der Waals surface area contributed by atoms with Gasteiger partial charge in [-0.15, -0.1) is 0 Å². The van der Waals surface area contributed by atoms with E-state index < -0.39 is 5.97 Å². The number of nitrogens with one attached hydrogen (secondary N) is 2. The van der Waals surface area contributed by atoms with Gasteiger partial charge < -0.3 is 4.84 Å². The molecule has 0 saturated carbocycles. The van der Waals surface area contributed by atoms with Crippen LogP contribution >= 0.6 is 11.6 Å². The third kappa shape index (κ3) is 4.23. The number of carbonyl (C=O) groups excluding carboxylic acids is 1. The summed E-state index contributed by atoms with van der Waals surface area (Å²) < 4.78 is 0. The molecule has 0 aliphatic rings. The van der Waals surface area contributed by atoms with Crippen molar-refractivity contribution in [2.75, 3.05) is 0 Å². The Morgan fingerprint density at radius 3 is 2.64 bits per heavy atom. The van der Waals surface area contributed by atoms with Crippen LogP contribution in [0.1, 0.15) is 12.5 Å². The molecule has 2 N–H and O–H groups in total. The van der Waals surface area contributed by atoms with Gasteiger partial charge in [0.25, 0.3) is 0 Å². The van der Waals surface area contributed by atoms with Gasteiger partial charge in [0.1, 0.15) is 0 Å². The molecular formula is C9H11ClN2O2. The zero-order chi connectivity index (χ0) is 10.4. The molecule has 0 aliphatic heterocycles. The summed E-state index contributed by atoms with van der Waals surface area (Å²) in [6, 6.07) is 7.35. The second kappa shape index (κ2) is 5.59. The minimum Gasteiger partial charge on any atom is -0.356 e. The predicted octanol–water partition coefficient (Wildman–Crippen LogP) is 1.41. The molecule has 14 heavy (non-hydrogen) atoms. The van der Waals surface area contributed by atoms with Crippen LogP contribution in [-0.4, -0.2) is 5.97 Å². The fourth-order valence-corrected chi connectivity index (χ4v) is 0.974. The van der Waals surface area contributed by atoms with Crippen molar-refractivity contribution in [2.45, 2.75) is 13.5 Å². The molecule has 0 unspecified atom stereocenters. The fourth-order valence-electron chi connectivity index (χ4n) is 0.848. The molecule has 1 aromatic rings. The van der Waals surface area contributed by atoms with Crippen LogP contribution in [0.4, 0.5) is 0 Å². The van der Waals surface area contributed by atoms with E-state index >= 15 is 0 Å². The highest BCUT2D eigenvalue weighted by Crippen LogP contribution is 2.08. The average Bonchev–Trinajstić information content (AvgIpc) is 2.15. The summed E-state index contributed by atoms with van der Waals surface area (Å²) in [6.07, 6.45) is 0. The molecule has 4 nitrogen and oxygen atoms in total. The molecule has 0 atom stereocenters. The maximum absolute atomic E-state index is 10.4. The standard InChI is InChI=1S/C9H11ClN2O2/c1-7(13)14-12-11-6-8-2-4-9(10)5-3-8/h2-5,11-12H,6H2,1H3. The smallest absolute Gasteiger partial charge is 0.323 e. The number of hydrogen-bond donors (Lipinski definition) is 2. The number of rotatable bonds is 4. The van der Waals surface area contributed by atoms with E-state index in [2.05, 4.69) is 15.9 Å².